The number of amides is 1. The molecule has 2 aromatic carbocycles. The first-order valence-electron chi connectivity index (χ1n) is 8.18. The van der Waals surface area contributed by atoms with Crippen LogP contribution in [0.5, 0.6) is 0 Å². The number of rotatable bonds is 4. The third-order valence-corrected chi connectivity index (χ3v) is 4.29. The summed E-state index contributed by atoms with van der Waals surface area (Å²) in [7, 11) is 0. The summed E-state index contributed by atoms with van der Waals surface area (Å²) in [5, 5.41) is 6.62. The number of hydrogen-bond acceptors (Lipinski definition) is 4. The van der Waals surface area contributed by atoms with E-state index in [0.717, 1.165) is 11.3 Å². The molecule has 26 heavy (non-hydrogen) atoms. The summed E-state index contributed by atoms with van der Waals surface area (Å²) in [6, 6.07) is 14.5. The van der Waals surface area contributed by atoms with Crippen molar-refractivity contribution in [3.63, 3.8) is 0 Å². The first-order valence-corrected chi connectivity index (χ1v) is 8.56. The molecule has 0 saturated carbocycles. The van der Waals surface area contributed by atoms with Gasteiger partial charge in [-0.3, -0.25) is 4.79 Å². The molecule has 6 heteroatoms. The van der Waals surface area contributed by atoms with E-state index in [2.05, 4.69) is 20.6 Å². The van der Waals surface area contributed by atoms with E-state index < -0.39 is 0 Å². The standard InChI is InChI=1S/C20H19ClN4O/c1-12-5-4-6-17(14(12)3)24-20-22-13(2)11-18(25-20)19(26)23-16-9-7-15(21)8-10-16/h4-11H,1-3H3,(H,23,26)(H,22,24,25). The molecule has 3 aromatic rings. The van der Waals surface area contributed by atoms with Gasteiger partial charge in [-0.1, -0.05) is 23.7 Å². The predicted octanol–water partition coefficient (Wildman–Crippen LogP) is 5.05. The molecule has 0 bridgehead atoms. The normalized spacial score (nSPS) is 10.5. The quantitative estimate of drug-likeness (QED) is 0.678. The monoisotopic (exact) mass is 366 g/mol. The van der Waals surface area contributed by atoms with Crippen molar-refractivity contribution in [1.82, 2.24) is 9.97 Å². The average molecular weight is 367 g/mol. The van der Waals surface area contributed by atoms with Gasteiger partial charge in [-0.05, 0) is 68.3 Å². The van der Waals surface area contributed by atoms with E-state index in [1.807, 2.05) is 39.0 Å². The Bertz CT molecular complexity index is 955. The van der Waals surface area contributed by atoms with Gasteiger partial charge in [0.05, 0.1) is 0 Å². The Morgan fingerprint density at radius 1 is 1.00 bits per heavy atom. The Morgan fingerprint density at radius 3 is 2.46 bits per heavy atom. The van der Waals surface area contributed by atoms with Crippen LogP contribution in [-0.2, 0) is 0 Å². The Kier molecular flexibility index (Phi) is 5.19. The molecule has 0 radical (unpaired) electrons. The van der Waals surface area contributed by atoms with Crippen molar-refractivity contribution < 1.29 is 4.79 Å². The molecule has 0 aliphatic rings. The summed E-state index contributed by atoms with van der Waals surface area (Å²) < 4.78 is 0. The van der Waals surface area contributed by atoms with E-state index in [-0.39, 0.29) is 5.91 Å². The van der Waals surface area contributed by atoms with Crippen molar-refractivity contribution >= 4 is 34.8 Å². The topological polar surface area (TPSA) is 66.9 Å². The molecule has 0 saturated heterocycles. The zero-order chi connectivity index (χ0) is 18.7. The van der Waals surface area contributed by atoms with E-state index in [1.54, 1.807) is 30.3 Å². The van der Waals surface area contributed by atoms with Crippen molar-refractivity contribution in [2.24, 2.45) is 0 Å². The van der Waals surface area contributed by atoms with Gasteiger partial charge in [0.15, 0.2) is 0 Å². The minimum atomic E-state index is -0.304. The smallest absolute Gasteiger partial charge is 0.274 e. The molecule has 0 spiro atoms. The maximum atomic E-state index is 12.5. The van der Waals surface area contributed by atoms with Crippen LogP contribution in [0.3, 0.4) is 0 Å². The summed E-state index contributed by atoms with van der Waals surface area (Å²) in [6.45, 7) is 5.90. The van der Waals surface area contributed by atoms with Gasteiger partial charge < -0.3 is 10.6 Å². The highest BCUT2D eigenvalue weighted by Crippen LogP contribution is 2.21. The first kappa shape index (κ1) is 17.9. The van der Waals surface area contributed by atoms with Crippen molar-refractivity contribution in [3.8, 4) is 0 Å². The van der Waals surface area contributed by atoms with Crippen LogP contribution in [0.2, 0.25) is 5.02 Å². The Morgan fingerprint density at radius 2 is 1.73 bits per heavy atom. The summed E-state index contributed by atoms with van der Waals surface area (Å²) in [5.74, 6) is 0.0850. The largest absolute Gasteiger partial charge is 0.324 e. The molecule has 2 N–H and O–H groups in total. The molecule has 0 aliphatic heterocycles. The lowest BCUT2D eigenvalue weighted by molar-refractivity contribution is 0.102. The number of carbonyl (C=O) groups excluding carboxylic acids is 1. The van der Waals surface area contributed by atoms with Gasteiger partial charge in [-0.2, -0.15) is 0 Å². The van der Waals surface area contributed by atoms with Crippen LogP contribution in [-0.4, -0.2) is 15.9 Å². The van der Waals surface area contributed by atoms with E-state index >= 15 is 0 Å². The summed E-state index contributed by atoms with van der Waals surface area (Å²) in [5.41, 5.74) is 4.85. The second kappa shape index (κ2) is 7.54. The molecule has 0 aliphatic carbocycles. The summed E-state index contributed by atoms with van der Waals surface area (Å²) in [4.78, 5) is 21.2. The van der Waals surface area contributed by atoms with Gasteiger partial charge in [0.1, 0.15) is 5.69 Å². The summed E-state index contributed by atoms with van der Waals surface area (Å²) in [6.07, 6.45) is 0. The number of halogens is 1. The molecule has 132 valence electrons. The van der Waals surface area contributed by atoms with Crippen LogP contribution in [0.1, 0.15) is 27.3 Å². The maximum absolute atomic E-state index is 12.5. The zero-order valence-electron chi connectivity index (χ0n) is 14.8. The number of carbonyl (C=O) groups is 1. The van der Waals surface area contributed by atoms with Gasteiger partial charge >= 0.3 is 0 Å². The number of nitrogens with zero attached hydrogens (tertiary/aromatic N) is 2. The first-order chi connectivity index (χ1) is 12.4. The van der Waals surface area contributed by atoms with Crippen molar-refractivity contribution in [1.29, 1.82) is 0 Å². The van der Waals surface area contributed by atoms with E-state index in [9.17, 15) is 4.79 Å². The molecule has 0 unspecified atom stereocenters. The van der Waals surface area contributed by atoms with Gasteiger partial charge in [0, 0.05) is 22.1 Å². The van der Waals surface area contributed by atoms with Crippen LogP contribution in [0.25, 0.3) is 0 Å². The highest BCUT2D eigenvalue weighted by molar-refractivity contribution is 6.30. The van der Waals surface area contributed by atoms with Gasteiger partial charge in [-0.15, -0.1) is 0 Å². The lowest BCUT2D eigenvalue weighted by Crippen LogP contribution is -2.15. The van der Waals surface area contributed by atoms with E-state index in [1.165, 1.54) is 5.56 Å². The number of aromatic nitrogens is 2. The lowest BCUT2D eigenvalue weighted by atomic mass is 10.1. The molecule has 1 heterocycles. The minimum absolute atomic E-state index is 0.292. The molecule has 0 fully saturated rings. The second-order valence-electron chi connectivity index (χ2n) is 6.05. The SMILES string of the molecule is Cc1cc(C(=O)Nc2ccc(Cl)cc2)nc(Nc2cccc(C)c2C)n1. The fourth-order valence-electron chi connectivity index (χ4n) is 2.48. The third kappa shape index (κ3) is 4.18. The highest BCUT2D eigenvalue weighted by Gasteiger charge is 2.12. The van der Waals surface area contributed by atoms with E-state index in [4.69, 9.17) is 11.6 Å². The number of aryl methyl sites for hydroxylation is 2. The molecule has 3 rings (SSSR count). The van der Waals surface area contributed by atoms with Gasteiger partial charge in [0.25, 0.3) is 5.91 Å². The Hall–Kier alpha value is -2.92. The minimum Gasteiger partial charge on any atom is -0.324 e. The van der Waals surface area contributed by atoms with Crippen LogP contribution < -0.4 is 10.6 Å². The molecule has 0 atom stereocenters. The number of anilines is 3. The molecule has 1 amide bonds. The summed E-state index contributed by atoms with van der Waals surface area (Å²) >= 11 is 5.87. The molecule has 5 nitrogen and oxygen atoms in total. The van der Waals surface area contributed by atoms with Crippen LogP contribution in [0.15, 0.2) is 48.5 Å². The van der Waals surface area contributed by atoms with Gasteiger partial charge in [-0.25, -0.2) is 9.97 Å². The fraction of sp³-hybridized carbons (Fsp3) is 0.150. The number of hydrogen-bond donors (Lipinski definition) is 2. The number of benzene rings is 2. The maximum Gasteiger partial charge on any atom is 0.274 e. The van der Waals surface area contributed by atoms with Crippen LogP contribution in [0.4, 0.5) is 17.3 Å². The average Bonchev–Trinajstić information content (AvgIpc) is 2.60. The van der Waals surface area contributed by atoms with Crippen LogP contribution >= 0.6 is 11.6 Å². The zero-order valence-corrected chi connectivity index (χ0v) is 15.6. The van der Waals surface area contributed by atoms with E-state index in [0.29, 0.717) is 28.0 Å². The molecular formula is C20H19ClN4O. The number of nitrogens with one attached hydrogen (secondary N) is 2. The molecule has 1 aromatic heterocycles. The fourth-order valence-corrected chi connectivity index (χ4v) is 2.60. The van der Waals surface area contributed by atoms with Crippen molar-refractivity contribution in [2.75, 3.05) is 10.6 Å². The van der Waals surface area contributed by atoms with Crippen LogP contribution in [0, 0.1) is 20.8 Å². The van der Waals surface area contributed by atoms with Crippen molar-refractivity contribution in [3.05, 3.63) is 76.1 Å². The third-order valence-electron chi connectivity index (χ3n) is 4.04. The highest BCUT2D eigenvalue weighted by atomic mass is 35.5. The predicted molar refractivity (Wildman–Crippen MR) is 105 cm³/mol. The lowest BCUT2D eigenvalue weighted by Gasteiger charge is -2.12. The molecular weight excluding hydrogens is 348 g/mol. The second-order valence-corrected chi connectivity index (χ2v) is 6.49. The Labute approximate surface area is 157 Å². The van der Waals surface area contributed by atoms with Crippen molar-refractivity contribution in [2.45, 2.75) is 20.8 Å². The Balaban J connectivity index is 1.84. The van der Waals surface area contributed by atoms with Gasteiger partial charge in [0.2, 0.25) is 5.95 Å².